The molecule has 7 heteroatoms. The van der Waals surface area contributed by atoms with Crippen LogP contribution in [0.1, 0.15) is 23.0 Å². The van der Waals surface area contributed by atoms with Crippen LogP contribution < -0.4 is 10.7 Å². The summed E-state index contributed by atoms with van der Waals surface area (Å²) in [5, 5.41) is 2.67. The summed E-state index contributed by atoms with van der Waals surface area (Å²) in [5.74, 6) is -2.61. The van der Waals surface area contributed by atoms with Crippen LogP contribution in [0.15, 0.2) is 57.7 Å². The number of halogens is 1. The van der Waals surface area contributed by atoms with Crippen LogP contribution in [-0.2, 0) is 9.53 Å². The molecule has 138 valence electrons. The van der Waals surface area contributed by atoms with Gasteiger partial charge in [0.2, 0.25) is 5.76 Å². The minimum Gasteiger partial charge on any atom is -0.449 e. The second-order valence-corrected chi connectivity index (χ2v) is 5.99. The Morgan fingerprint density at radius 3 is 2.63 bits per heavy atom. The molecule has 0 spiro atoms. The normalized spacial score (nSPS) is 11.8. The molecule has 0 aliphatic carbocycles. The fourth-order valence-corrected chi connectivity index (χ4v) is 2.44. The van der Waals surface area contributed by atoms with E-state index in [1.807, 2.05) is 6.92 Å². The van der Waals surface area contributed by atoms with Crippen LogP contribution in [0.2, 0.25) is 0 Å². The largest absolute Gasteiger partial charge is 0.449 e. The monoisotopic (exact) mass is 369 g/mol. The van der Waals surface area contributed by atoms with E-state index in [4.69, 9.17) is 9.15 Å². The molecule has 0 saturated carbocycles. The third kappa shape index (κ3) is 4.03. The number of para-hydroxylation sites is 1. The number of esters is 1. The van der Waals surface area contributed by atoms with Crippen molar-refractivity contribution in [3.05, 3.63) is 75.9 Å². The maximum Gasteiger partial charge on any atom is 0.375 e. The Kier molecular flexibility index (Phi) is 5.03. The van der Waals surface area contributed by atoms with Gasteiger partial charge in [-0.2, -0.15) is 0 Å². The molecule has 1 heterocycles. The minimum absolute atomic E-state index is 0.0296. The molecule has 0 bridgehead atoms. The number of rotatable bonds is 4. The van der Waals surface area contributed by atoms with Crippen molar-refractivity contribution in [2.45, 2.75) is 20.0 Å². The van der Waals surface area contributed by atoms with Gasteiger partial charge >= 0.3 is 5.97 Å². The van der Waals surface area contributed by atoms with Crippen molar-refractivity contribution in [1.82, 2.24) is 0 Å². The number of anilines is 1. The SMILES string of the molecule is Cc1ccc2oc(C(=O)O[C@H](C)C(=O)Nc3ccccc3F)cc(=O)c2c1. The van der Waals surface area contributed by atoms with E-state index >= 15 is 0 Å². The lowest BCUT2D eigenvalue weighted by Crippen LogP contribution is -2.30. The van der Waals surface area contributed by atoms with Gasteiger partial charge in [-0.05, 0) is 38.1 Å². The third-order valence-electron chi connectivity index (χ3n) is 3.87. The van der Waals surface area contributed by atoms with E-state index in [0.29, 0.717) is 5.39 Å². The van der Waals surface area contributed by atoms with E-state index in [9.17, 15) is 18.8 Å². The van der Waals surface area contributed by atoms with E-state index in [1.165, 1.54) is 25.1 Å². The van der Waals surface area contributed by atoms with Gasteiger partial charge in [0.15, 0.2) is 11.5 Å². The number of hydrogen-bond donors (Lipinski definition) is 1. The lowest BCUT2D eigenvalue weighted by molar-refractivity contribution is -0.123. The van der Waals surface area contributed by atoms with Gasteiger partial charge in [-0.25, -0.2) is 9.18 Å². The topological polar surface area (TPSA) is 85.6 Å². The average molecular weight is 369 g/mol. The Morgan fingerprint density at radius 1 is 1.15 bits per heavy atom. The quantitative estimate of drug-likeness (QED) is 0.712. The van der Waals surface area contributed by atoms with Crippen molar-refractivity contribution in [2.75, 3.05) is 5.32 Å². The number of nitrogens with one attached hydrogen (secondary N) is 1. The highest BCUT2D eigenvalue weighted by atomic mass is 19.1. The first kappa shape index (κ1) is 18.3. The lowest BCUT2D eigenvalue weighted by atomic mass is 10.1. The molecule has 3 aromatic rings. The number of carbonyl (C=O) groups excluding carboxylic acids is 2. The number of ether oxygens (including phenoxy) is 1. The van der Waals surface area contributed by atoms with Gasteiger partial charge in [-0.3, -0.25) is 9.59 Å². The molecule has 0 aliphatic heterocycles. The molecule has 1 aromatic heterocycles. The molecule has 3 rings (SSSR count). The summed E-state index contributed by atoms with van der Waals surface area (Å²) in [5.41, 5.74) is 0.695. The van der Waals surface area contributed by atoms with E-state index in [1.54, 1.807) is 24.3 Å². The van der Waals surface area contributed by atoms with Gasteiger partial charge in [0.05, 0.1) is 11.1 Å². The summed E-state index contributed by atoms with van der Waals surface area (Å²) in [4.78, 5) is 36.5. The molecule has 0 saturated heterocycles. The molecule has 0 fully saturated rings. The summed E-state index contributed by atoms with van der Waals surface area (Å²) < 4.78 is 24.0. The number of amides is 1. The standard InChI is InChI=1S/C20H16FNO5/c1-11-7-8-17-13(9-11)16(23)10-18(27-17)20(25)26-12(2)19(24)22-15-6-4-3-5-14(15)21/h3-10,12H,1-2H3,(H,22,24)/t12-/m1/s1. The number of fused-ring (bicyclic) bond motifs is 1. The number of hydrogen-bond acceptors (Lipinski definition) is 5. The Balaban J connectivity index is 1.75. The smallest absolute Gasteiger partial charge is 0.375 e. The zero-order valence-electron chi connectivity index (χ0n) is 14.6. The van der Waals surface area contributed by atoms with Crippen LogP contribution in [0.3, 0.4) is 0 Å². The third-order valence-corrected chi connectivity index (χ3v) is 3.87. The summed E-state index contributed by atoms with van der Waals surface area (Å²) >= 11 is 0. The molecule has 1 amide bonds. The molecule has 0 radical (unpaired) electrons. The van der Waals surface area contributed by atoms with Crippen molar-refractivity contribution in [3.63, 3.8) is 0 Å². The Bertz CT molecular complexity index is 1090. The maximum atomic E-state index is 13.6. The van der Waals surface area contributed by atoms with Gasteiger partial charge in [-0.1, -0.05) is 23.8 Å². The van der Waals surface area contributed by atoms with Crippen molar-refractivity contribution in [1.29, 1.82) is 0 Å². The lowest BCUT2D eigenvalue weighted by Gasteiger charge is -2.13. The fourth-order valence-electron chi connectivity index (χ4n) is 2.44. The van der Waals surface area contributed by atoms with Gasteiger partial charge in [0, 0.05) is 6.07 Å². The zero-order chi connectivity index (χ0) is 19.6. The first-order valence-electron chi connectivity index (χ1n) is 8.16. The predicted molar refractivity (Wildman–Crippen MR) is 97.1 cm³/mol. The minimum atomic E-state index is -1.23. The second kappa shape index (κ2) is 7.41. The molecule has 2 aromatic carbocycles. The van der Waals surface area contributed by atoms with E-state index in [-0.39, 0.29) is 17.0 Å². The van der Waals surface area contributed by atoms with E-state index in [0.717, 1.165) is 11.6 Å². The zero-order valence-corrected chi connectivity index (χ0v) is 14.6. The number of benzene rings is 2. The predicted octanol–water partition coefficient (Wildman–Crippen LogP) is 3.42. The van der Waals surface area contributed by atoms with Crippen LogP contribution in [0.5, 0.6) is 0 Å². The highest BCUT2D eigenvalue weighted by molar-refractivity contribution is 5.97. The first-order chi connectivity index (χ1) is 12.8. The van der Waals surface area contributed by atoms with E-state index in [2.05, 4.69) is 5.32 Å². The van der Waals surface area contributed by atoms with Gasteiger partial charge < -0.3 is 14.5 Å². The number of carbonyl (C=O) groups is 2. The van der Waals surface area contributed by atoms with Crippen LogP contribution in [0.4, 0.5) is 10.1 Å². The second-order valence-electron chi connectivity index (χ2n) is 5.99. The molecule has 1 atom stereocenters. The molecule has 0 unspecified atom stereocenters. The molecular weight excluding hydrogens is 353 g/mol. The van der Waals surface area contributed by atoms with Gasteiger partial charge in [0.25, 0.3) is 5.91 Å². The summed E-state index contributed by atoms with van der Waals surface area (Å²) in [6.07, 6.45) is -1.23. The van der Waals surface area contributed by atoms with Crippen molar-refractivity contribution < 1.29 is 23.1 Å². The van der Waals surface area contributed by atoms with Crippen molar-refractivity contribution in [3.8, 4) is 0 Å². The van der Waals surface area contributed by atoms with Crippen molar-refractivity contribution >= 4 is 28.5 Å². The fraction of sp³-hybridized carbons (Fsp3) is 0.150. The van der Waals surface area contributed by atoms with Crippen LogP contribution in [0.25, 0.3) is 11.0 Å². The highest BCUT2D eigenvalue weighted by Gasteiger charge is 2.22. The maximum absolute atomic E-state index is 13.6. The highest BCUT2D eigenvalue weighted by Crippen LogP contribution is 2.16. The van der Waals surface area contributed by atoms with E-state index < -0.39 is 29.2 Å². The summed E-state index contributed by atoms with van der Waals surface area (Å²) in [7, 11) is 0. The molecule has 6 nitrogen and oxygen atoms in total. The summed E-state index contributed by atoms with van der Waals surface area (Å²) in [6.45, 7) is 3.16. The van der Waals surface area contributed by atoms with Crippen molar-refractivity contribution in [2.24, 2.45) is 0 Å². The molecular formula is C20H16FNO5. The summed E-state index contributed by atoms with van der Waals surface area (Å²) in [6, 6.07) is 11.6. The Labute approximate surface area is 153 Å². The number of aryl methyl sites for hydroxylation is 1. The van der Waals surface area contributed by atoms with Crippen LogP contribution >= 0.6 is 0 Å². The molecule has 27 heavy (non-hydrogen) atoms. The van der Waals surface area contributed by atoms with Crippen LogP contribution in [-0.4, -0.2) is 18.0 Å². The first-order valence-corrected chi connectivity index (χ1v) is 8.16. The molecule has 1 N–H and O–H groups in total. The average Bonchev–Trinajstić information content (AvgIpc) is 2.63. The Hall–Kier alpha value is -3.48. The Morgan fingerprint density at radius 2 is 1.89 bits per heavy atom. The van der Waals surface area contributed by atoms with Gasteiger partial charge in [-0.15, -0.1) is 0 Å². The molecule has 0 aliphatic rings. The van der Waals surface area contributed by atoms with Crippen LogP contribution in [0, 0.1) is 12.7 Å². The van der Waals surface area contributed by atoms with Gasteiger partial charge in [0.1, 0.15) is 11.4 Å².